The number of aromatic hydroxyl groups is 2. The summed E-state index contributed by atoms with van der Waals surface area (Å²) in [6.07, 6.45) is 0. The van der Waals surface area contributed by atoms with Crippen molar-refractivity contribution in [1.82, 2.24) is 0 Å². The number of benzene rings is 1. The third kappa shape index (κ3) is 2.48. The fourth-order valence-corrected chi connectivity index (χ4v) is 1.21. The van der Waals surface area contributed by atoms with Crippen LogP contribution in [0, 0.1) is 0 Å². The Morgan fingerprint density at radius 2 is 1.75 bits per heavy atom. The summed E-state index contributed by atoms with van der Waals surface area (Å²) in [5.74, 6) is -2.29. The van der Waals surface area contributed by atoms with Crippen LogP contribution in [0.4, 0.5) is 13.2 Å². The molecule has 0 aliphatic carbocycles. The second-order valence-electron chi connectivity index (χ2n) is 2.64. The minimum absolute atomic E-state index is 0.450. The van der Waals surface area contributed by atoms with Gasteiger partial charge in [0.2, 0.25) is 0 Å². The molecule has 5 nitrogen and oxygen atoms in total. The first-order chi connectivity index (χ1) is 7.13. The average molecular weight is 258 g/mol. The van der Waals surface area contributed by atoms with E-state index in [0.29, 0.717) is 12.1 Å². The molecule has 1 aromatic carbocycles. The fraction of sp³-hybridized carbons (Fsp3) is 0.143. The van der Waals surface area contributed by atoms with E-state index >= 15 is 0 Å². The van der Waals surface area contributed by atoms with E-state index < -0.39 is 32.9 Å². The van der Waals surface area contributed by atoms with E-state index in [2.05, 4.69) is 4.18 Å². The highest BCUT2D eigenvalue weighted by molar-refractivity contribution is 7.88. The van der Waals surface area contributed by atoms with Crippen molar-refractivity contribution in [3.63, 3.8) is 0 Å². The molecule has 1 rings (SSSR count). The molecule has 0 heterocycles. The van der Waals surface area contributed by atoms with Crippen LogP contribution >= 0.6 is 0 Å². The van der Waals surface area contributed by atoms with E-state index in [1.807, 2.05) is 0 Å². The van der Waals surface area contributed by atoms with Crippen molar-refractivity contribution in [3.8, 4) is 17.2 Å². The van der Waals surface area contributed by atoms with Gasteiger partial charge in [-0.1, -0.05) is 0 Å². The van der Waals surface area contributed by atoms with Gasteiger partial charge in [0, 0.05) is 6.07 Å². The third-order valence-electron chi connectivity index (χ3n) is 1.43. The molecule has 0 unspecified atom stereocenters. The number of phenols is 2. The summed E-state index contributed by atoms with van der Waals surface area (Å²) in [7, 11) is -5.83. The number of rotatable bonds is 2. The molecule has 0 bridgehead atoms. The predicted octanol–water partition coefficient (Wildman–Crippen LogP) is 1.33. The number of halogens is 3. The second-order valence-corrected chi connectivity index (χ2v) is 4.17. The van der Waals surface area contributed by atoms with Crippen LogP contribution in [0.3, 0.4) is 0 Å². The van der Waals surface area contributed by atoms with Gasteiger partial charge in [-0.2, -0.15) is 21.6 Å². The minimum Gasteiger partial charge on any atom is -0.508 e. The Balaban J connectivity index is 3.07. The van der Waals surface area contributed by atoms with E-state index in [1.165, 1.54) is 0 Å². The lowest BCUT2D eigenvalue weighted by Crippen LogP contribution is -2.28. The number of hydrogen-bond acceptors (Lipinski definition) is 5. The van der Waals surface area contributed by atoms with Crippen molar-refractivity contribution < 1.29 is 36.0 Å². The highest BCUT2D eigenvalue weighted by Gasteiger charge is 2.48. The zero-order valence-corrected chi connectivity index (χ0v) is 8.21. The summed E-state index contributed by atoms with van der Waals surface area (Å²) < 4.78 is 60.4. The van der Waals surface area contributed by atoms with Crippen LogP contribution < -0.4 is 4.18 Å². The van der Waals surface area contributed by atoms with Gasteiger partial charge < -0.3 is 14.4 Å². The molecule has 0 amide bonds. The Morgan fingerprint density at radius 3 is 2.19 bits per heavy atom. The predicted molar refractivity (Wildman–Crippen MR) is 45.4 cm³/mol. The first-order valence-electron chi connectivity index (χ1n) is 3.66. The second kappa shape index (κ2) is 3.74. The molecule has 0 radical (unpaired) electrons. The Labute approximate surface area is 87.8 Å². The fourth-order valence-electron chi connectivity index (χ4n) is 0.742. The summed E-state index contributed by atoms with van der Waals surface area (Å²) in [6, 6.07) is 2.19. The molecule has 0 aromatic heterocycles. The Hall–Kier alpha value is -1.64. The molecule has 90 valence electrons. The summed E-state index contributed by atoms with van der Waals surface area (Å²) >= 11 is 0. The molecular weight excluding hydrogens is 253 g/mol. The van der Waals surface area contributed by atoms with Crippen LogP contribution in [-0.2, 0) is 10.1 Å². The summed E-state index contributed by atoms with van der Waals surface area (Å²) in [5, 5.41) is 17.8. The van der Waals surface area contributed by atoms with Gasteiger partial charge >= 0.3 is 15.6 Å². The lowest BCUT2D eigenvalue weighted by molar-refractivity contribution is -0.0500. The number of phenolic OH excluding ortho intramolecular Hbond substituents is 2. The van der Waals surface area contributed by atoms with E-state index in [-0.39, 0.29) is 0 Å². The van der Waals surface area contributed by atoms with Crippen LogP contribution in [0.1, 0.15) is 0 Å². The Bertz CT molecular complexity index is 493. The average Bonchev–Trinajstić information content (AvgIpc) is 2.08. The topological polar surface area (TPSA) is 83.8 Å². The minimum atomic E-state index is -5.83. The van der Waals surface area contributed by atoms with E-state index in [0.717, 1.165) is 6.07 Å². The van der Waals surface area contributed by atoms with Gasteiger partial charge in [0.15, 0.2) is 11.5 Å². The van der Waals surface area contributed by atoms with Crippen LogP contribution in [-0.4, -0.2) is 24.1 Å². The maximum absolute atomic E-state index is 11.9. The van der Waals surface area contributed by atoms with Crippen molar-refractivity contribution in [2.75, 3.05) is 0 Å². The highest BCUT2D eigenvalue weighted by atomic mass is 32.2. The van der Waals surface area contributed by atoms with Gasteiger partial charge in [-0.15, -0.1) is 0 Å². The molecule has 0 aliphatic heterocycles. The molecule has 0 fully saturated rings. The summed E-state index contributed by atoms with van der Waals surface area (Å²) in [5.41, 5.74) is -5.59. The molecule has 0 saturated carbocycles. The van der Waals surface area contributed by atoms with Crippen LogP contribution in [0.15, 0.2) is 18.2 Å². The lowest BCUT2D eigenvalue weighted by Gasteiger charge is -2.10. The van der Waals surface area contributed by atoms with E-state index in [1.54, 1.807) is 0 Å². The lowest BCUT2D eigenvalue weighted by atomic mass is 10.3. The van der Waals surface area contributed by atoms with Crippen LogP contribution in [0.2, 0.25) is 0 Å². The van der Waals surface area contributed by atoms with Crippen molar-refractivity contribution in [3.05, 3.63) is 18.2 Å². The number of alkyl halides is 3. The smallest absolute Gasteiger partial charge is 0.508 e. The van der Waals surface area contributed by atoms with Crippen LogP contribution in [0.5, 0.6) is 17.2 Å². The van der Waals surface area contributed by atoms with Crippen molar-refractivity contribution in [2.45, 2.75) is 5.51 Å². The molecule has 0 atom stereocenters. The maximum atomic E-state index is 11.9. The highest BCUT2D eigenvalue weighted by Crippen LogP contribution is 2.34. The SMILES string of the molecule is O=S(=O)(Oc1ccc(O)cc1O)C(F)(F)F. The quantitative estimate of drug-likeness (QED) is 0.617. The molecule has 2 N–H and O–H groups in total. The van der Waals surface area contributed by atoms with Crippen LogP contribution in [0.25, 0.3) is 0 Å². The molecule has 0 saturated heterocycles. The van der Waals surface area contributed by atoms with E-state index in [9.17, 15) is 21.6 Å². The van der Waals surface area contributed by atoms with Gasteiger partial charge in [0.05, 0.1) is 0 Å². The van der Waals surface area contributed by atoms with Crippen molar-refractivity contribution in [2.24, 2.45) is 0 Å². The molecule has 1 aromatic rings. The molecule has 0 aliphatic rings. The molecule has 9 heteroatoms. The normalized spacial score (nSPS) is 12.4. The first kappa shape index (κ1) is 12.4. The van der Waals surface area contributed by atoms with Gasteiger partial charge in [0.25, 0.3) is 0 Å². The van der Waals surface area contributed by atoms with Gasteiger partial charge in [-0.3, -0.25) is 0 Å². The van der Waals surface area contributed by atoms with Crippen molar-refractivity contribution >= 4 is 10.1 Å². The largest absolute Gasteiger partial charge is 0.534 e. The molecule has 0 spiro atoms. The summed E-state index contributed by atoms with van der Waals surface area (Å²) in [4.78, 5) is 0. The third-order valence-corrected chi connectivity index (χ3v) is 2.39. The standard InChI is InChI=1S/C7H5F3O5S/c8-7(9,10)16(13,14)15-6-2-1-4(11)3-5(6)12/h1-3,11-12H. The monoisotopic (exact) mass is 258 g/mol. The van der Waals surface area contributed by atoms with Gasteiger partial charge in [-0.25, -0.2) is 0 Å². The first-order valence-corrected chi connectivity index (χ1v) is 5.07. The maximum Gasteiger partial charge on any atom is 0.534 e. The zero-order chi connectivity index (χ0) is 12.6. The number of hydrogen-bond donors (Lipinski definition) is 2. The van der Waals surface area contributed by atoms with Crippen molar-refractivity contribution in [1.29, 1.82) is 0 Å². The van der Waals surface area contributed by atoms with Gasteiger partial charge in [-0.05, 0) is 12.1 Å². The van der Waals surface area contributed by atoms with E-state index in [4.69, 9.17) is 10.2 Å². The molecule has 16 heavy (non-hydrogen) atoms. The summed E-state index contributed by atoms with van der Waals surface area (Å²) in [6.45, 7) is 0. The Kier molecular flexibility index (Phi) is 2.91. The van der Waals surface area contributed by atoms with Gasteiger partial charge in [0.1, 0.15) is 5.75 Å². The zero-order valence-electron chi connectivity index (χ0n) is 7.39. The Morgan fingerprint density at radius 1 is 1.19 bits per heavy atom. The molecular formula is C7H5F3O5S.